The number of nitrogens with one attached hydrogen (secondary N) is 1. The third-order valence-electron chi connectivity index (χ3n) is 5.82. The van der Waals surface area contributed by atoms with E-state index >= 15 is 0 Å². The molecule has 0 radical (unpaired) electrons. The molecule has 1 amide bonds. The van der Waals surface area contributed by atoms with Crippen LogP contribution in [0.5, 0.6) is 0 Å². The number of hydrogen-bond donors (Lipinski definition) is 1. The van der Waals surface area contributed by atoms with E-state index in [1.807, 2.05) is 37.3 Å². The standard InChI is InChI=1S/C24H23ClN6O2/c1-16-12-21-28-30(15-22(32)26-13-18-7-4-5-9-20(18)25)24(33)31(21)23(27-16)29-11-10-17-6-2-3-8-19(17)14-29/h2-9,12H,10-11,13-15H2,1H3,(H,26,32). The first-order chi connectivity index (χ1) is 16.0. The molecular formula is C24H23ClN6O2. The van der Waals surface area contributed by atoms with Gasteiger partial charge in [-0.15, -0.1) is 5.10 Å². The number of aromatic nitrogens is 4. The normalized spacial score (nSPS) is 13.2. The van der Waals surface area contributed by atoms with Gasteiger partial charge in [-0.1, -0.05) is 54.1 Å². The molecule has 0 unspecified atom stereocenters. The van der Waals surface area contributed by atoms with E-state index in [1.165, 1.54) is 20.2 Å². The number of anilines is 1. The lowest BCUT2D eigenvalue weighted by molar-refractivity contribution is -0.122. The van der Waals surface area contributed by atoms with Crippen molar-refractivity contribution in [3.8, 4) is 0 Å². The zero-order valence-electron chi connectivity index (χ0n) is 18.2. The van der Waals surface area contributed by atoms with E-state index in [-0.39, 0.29) is 24.7 Å². The molecule has 0 aliphatic carbocycles. The Morgan fingerprint density at radius 3 is 2.70 bits per heavy atom. The van der Waals surface area contributed by atoms with E-state index in [0.29, 0.717) is 23.2 Å². The van der Waals surface area contributed by atoms with Crippen molar-refractivity contribution in [2.45, 2.75) is 33.0 Å². The first-order valence-electron chi connectivity index (χ1n) is 10.8. The van der Waals surface area contributed by atoms with E-state index in [1.54, 1.807) is 12.1 Å². The van der Waals surface area contributed by atoms with Crippen LogP contribution in [-0.2, 0) is 30.8 Å². The second-order valence-corrected chi connectivity index (χ2v) is 8.55. The smallest absolute Gasteiger partial charge is 0.350 e. The quantitative estimate of drug-likeness (QED) is 0.493. The van der Waals surface area contributed by atoms with Gasteiger partial charge in [-0.3, -0.25) is 4.79 Å². The van der Waals surface area contributed by atoms with Crippen LogP contribution in [0.1, 0.15) is 22.4 Å². The molecule has 1 N–H and O–H groups in total. The molecule has 33 heavy (non-hydrogen) atoms. The van der Waals surface area contributed by atoms with Gasteiger partial charge in [0, 0.05) is 36.4 Å². The SMILES string of the molecule is Cc1cc2nn(CC(=O)NCc3ccccc3Cl)c(=O)n2c(N2CCc3ccccc3C2)n1. The van der Waals surface area contributed by atoms with Crippen molar-refractivity contribution in [3.05, 3.63) is 92.5 Å². The minimum Gasteiger partial charge on any atom is -0.350 e. The molecule has 1 aliphatic heterocycles. The van der Waals surface area contributed by atoms with Crippen LogP contribution in [0.25, 0.3) is 5.65 Å². The summed E-state index contributed by atoms with van der Waals surface area (Å²) in [5.41, 5.74) is 4.19. The molecule has 0 atom stereocenters. The summed E-state index contributed by atoms with van der Waals surface area (Å²) in [4.78, 5) is 32.5. The molecule has 1 aliphatic rings. The van der Waals surface area contributed by atoms with Crippen molar-refractivity contribution in [1.29, 1.82) is 0 Å². The van der Waals surface area contributed by atoms with Crippen LogP contribution in [0.2, 0.25) is 5.02 Å². The van der Waals surface area contributed by atoms with Gasteiger partial charge in [-0.2, -0.15) is 0 Å². The molecule has 2 aromatic carbocycles. The van der Waals surface area contributed by atoms with Crippen LogP contribution in [0.4, 0.5) is 5.95 Å². The Morgan fingerprint density at radius 1 is 1.12 bits per heavy atom. The van der Waals surface area contributed by atoms with Crippen molar-refractivity contribution in [2.24, 2.45) is 0 Å². The van der Waals surface area contributed by atoms with Crippen LogP contribution in [0.15, 0.2) is 59.4 Å². The Bertz CT molecular complexity index is 1410. The van der Waals surface area contributed by atoms with Gasteiger partial charge in [0.15, 0.2) is 5.65 Å². The van der Waals surface area contributed by atoms with Gasteiger partial charge in [-0.05, 0) is 36.1 Å². The fourth-order valence-corrected chi connectivity index (χ4v) is 4.34. The lowest BCUT2D eigenvalue weighted by atomic mass is 10.0. The highest BCUT2D eigenvalue weighted by molar-refractivity contribution is 6.31. The fraction of sp³-hybridized carbons (Fsp3) is 0.250. The number of carbonyl (C=O) groups is 1. The molecule has 9 heteroatoms. The number of benzene rings is 2. The molecule has 168 valence electrons. The van der Waals surface area contributed by atoms with Crippen molar-refractivity contribution in [1.82, 2.24) is 24.5 Å². The lowest BCUT2D eigenvalue weighted by Crippen LogP contribution is -2.36. The number of rotatable bonds is 5. The van der Waals surface area contributed by atoms with E-state index in [2.05, 4.69) is 32.4 Å². The van der Waals surface area contributed by atoms with Crippen LogP contribution in [0, 0.1) is 6.92 Å². The molecule has 0 spiro atoms. The van der Waals surface area contributed by atoms with Crippen LogP contribution >= 0.6 is 11.6 Å². The minimum absolute atomic E-state index is 0.188. The van der Waals surface area contributed by atoms with Gasteiger partial charge < -0.3 is 10.2 Å². The van der Waals surface area contributed by atoms with Crippen molar-refractivity contribution in [3.63, 3.8) is 0 Å². The summed E-state index contributed by atoms with van der Waals surface area (Å²) in [6.45, 7) is 3.38. The largest absolute Gasteiger partial charge is 0.353 e. The highest BCUT2D eigenvalue weighted by atomic mass is 35.5. The number of amides is 1. The minimum atomic E-state index is -0.390. The molecular weight excluding hydrogens is 440 g/mol. The van der Waals surface area contributed by atoms with Crippen molar-refractivity contribution < 1.29 is 4.79 Å². The van der Waals surface area contributed by atoms with Gasteiger partial charge >= 0.3 is 5.69 Å². The predicted octanol–water partition coefficient (Wildman–Crippen LogP) is 2.73. The Labute approximate surface area is 195 Å². The number of fused-ring (bicyclic) bond motifs is 2. The maximum absolute atomic E-state index is 13.2. The Morgan fingerprint density at radius 2 is 1.88 bits per heavy atom. The number of carbonyl (C=O) groups excluding carboxylic acids is 1. The zero-order valence-corrected chi connectivity index (χ0v) is 18.9. The molecule has 0 bridgehead atoms. The summed E-state index contributed by atoms with van der Waals surface area (Å²) in [5.74, 6) is 0.228. The number of aryl methyl sites for hydroxylation is 1. The highest BCUT2D eigenvalue weighted by Crippen LogP contribution is 2.23. The summed E-state index contributed by atoms with van der Waals surface area (Å²) < 4.78 is 2.67. The Balaban J connectivity index is 1.40. The summed E-state index contributed by atoms with van der Waals surface area (Å²) in [6, 6.07) is 17.4. The number of nitrogens with zero attached hydrogens (tertiary/aromatic N) is 5. The van der Waals surface area contributed by atoms with Gasteiger partial charge in [-0.25, -0.2) is 18.9 Å². The molecule has 0 saturated heterocycles. The molecule has 3 heterocycles. The third kappa shape index (κ3) is 4.21. The van der Waals surface area contributed by atoms with Gasteiger partial charge in [0.2, 0.25) is 11.9 Å². The van der Waals surface area contributed by atoms with E-state index in [4.69, 9.17) is 11.6 Å². The summed E-state index contributed by atoms with van der Waals surface area (Å²) in [6.07, 6.45) is 0.876. The van der Waals surface area contributed by atoms with Crippen LogP contribution in [-0.4, -0.2) is 31.6 Å². The first-order valence-corrected chi connectivity index (χ1v) is 11.2. The predicted molar refractivity (Wildman–Crippen MR) is 126 cm³/mol. The van der Waals surface area contributed by atoms with Crippen molar-refractivity contribution in [2.75, 3.05) is 11.4 Å². The van der Waals surface area contributed by atoms with Crippen molar-refractivity contribution >= 4 is 29.1 Å². The molecule has 2 aromatic heterocycles. The first kappa shape index (κ1) is 21.2. The number of halogens is 1. The zero-order chi connectivity index (χ0) is 22.9. The third-order valence-corrected chi connectivity index (χ3v) is 6.19. The average molecular weight is 463 g/mol. The van der Waals surface area contributed by atoms with Gasteiger partial charge in [0.05, 0.1) is 0 Å². The average Bonchev–Trinajstić information content (AvgIpc) is 3.12. The molecule has 4 aromatic rings. The maximum Gasteiger partial charge on any atom is 0.353 e. The summed E-state index contributed by atoms with van der Waals surface area (Å²) in [5, 5.41) is 7.78. The second kappa shape index (κ2) is 8.71. The summed E-state index contributed by atoms with van der Waals surface area (Å²) in [7, 11) is 0. The molecule has 5 rings (SSSR count). The molecule has 8 nitrogen and oxygen atoms in total. The maximum atomic E-state index is 13.2. The van der Waals surface area contributed by atoms with Gasteiger partial charge in [0.1, 0.15) is 6.54 Å². The number of hydrogen-bond acceptors (Lipinski definition) is 5. The second-order valence-electron chi connectivity index (χ2n) is 8.14. The van der Waals surface area contributed by atoms with Crippen LogP contribution < -0.4 is 15.9 Å². The Kier molecular flexibility index (Phi) is 5.60. The van der Waals surface area contributed by atoms with Gasteiger partial charge in [0.25, 0.3) is 0 Å². The fourth-order valence-electron chi connectivity index (χ4n) is 4.14. The van der Waals surface area contributed by atoms with E-state index in [0.717, 1.165) is 24.2 Å². The Hall–Kier alpha value is -3.65. The summed E-state index contributed by atoms with van der Waals surface area (Å²) >= 11 is 6.15. The van der Waals surface area contributed by atoms with E-state index in [9.17, 15) is 9.59 Å². The lowest BCUT2D eigenvalue weighted by Gasteiger charge is -2.29. The molecule has 0 fully saturated rings. The topological polar surface area (TPSA) is 84.5 Å². The monoisotopic (exact) mass is 462 g/mol. The van der Waals surface area contributed by atoms with Crippen LogP contribution in [0.3, 0.4) is 0 Å². The molecule has 0 saturated carbocycles. The highest BCUT2D eigenvalue weighted by Gasteiger charge is 2.22. The van der Waals surface area contributed by atoms with E-state index < -0.39 is 0 Å².